The van der Waals surface area contributed by atoms with Crippen molar-refractivity contribution in [1.29, 1.82) is 0 Å². The van der Waals surface area contributed by atoms with Crippen LogP contribution in [0.4, 0.5) is 45.5 Å². The van der Waals surface area contributed by atoms with Gasteiger partial charge in [0.05, 0.1) is 105 Å². The van der Waals surface area contributed by atoms with E-state index in [1.165, 1.54) is 65.2 Å². The number of nitrogens with two attached hydrogens (primary N) is 17. The van der Waals surface area contributed by atoms with Crippen molar-refractivity contribution in [3.8, 4) is 17.2 Å². The Morgan fingerprint density at radius 1 is 0.322 bits per heavy atom. The van der Waals surface area contributed by atoms with E-state index >= 15 is 0 Å². The molecular formula is C79H122N28O7S4. The Morgan fingerprint density at radius 3 is 0.822 bits per heavy atom. The van der Waals surface area contributed by atoms with E-state index in [9.17, 15) is 19.2 Å². The standard InChI is InChI=1S/C40H62N16O4S2.C38H56N12O3S2.CH4/c1-39(2,3)21-15-25(41)31(61-13-9-53-37(47)48)27(17-21)55-33(57)23-19-24(30(60-12-8-52-36(45)46)20-29(23)59-11-7-51-35(43)44)34(58)56-28-18-22(40(4,5)6)16-26(42)32(28)62-14-10-54-38(49)50;1-21(39)46-9-12-54-31-27(40)17-24(37(2,3)4)19-29(31)49-33(51)22-14-23(16-26(15-22)53-11-8-47-35(42)43)34(52)50-30-20-25(38(5,6)7)18-28(41)32(30)55-13-10-48-36(44)45;/h15-20H,7-14,41-42H2,1-6H3,(H,55,57)(H,56,58)(H4,43,44,51)(H4,45,46,52)(H4,47,48,53)(H4,49,50,54);14-20H,8-13,40-41H2,1-7H3,(H2,39,46)(H,49,51)(H,50,52)(H4,42,43,47)(H4,44,45,48);1H4. The number of rotatable bonds is 36. The summed E-state index contributed by atoms with van der Waals surface area (Å²) in [5, 5.41) is 12.1. The van der Waals surface area contributed by atoms with Crippen LogP contribution >= 0.6 is 47.0 Å². The van der Waals surface area contributed by atoms with Crippen LogP contribution in [0, 0.1) is 0 Å². The number of carbonyl (C=O) groups excluding carboxylic acids is 4. The van der Waals surface area contributed by atoms with E-state index in [0.717, 1.165) is 22.3 Å². The largest absolute Gasteiger partial charge is 0.492 e. The number of hydrogen-bond donors (Lipinski definition) is 21. The lowest BCUT2D eigenvalue weighted by Crippen LogP contribution is -2.24. The Bertz CT molecular complexity index is 4430. The molecule has 0 saturated heterocycles. The first kappa shape index (κ1) is 98.7. The van der Waals surface area contributed by atoms with E-state index in [1.807, 2.05) is 90.1 Å². The van der Waals surface area contributed by atoms with Gasteiger partial charge in [-0.25, -0.2) is 0 Å². The highest BCUT2D eigenvalue weighted by Crippen LogP contribution is 2.44. The van der Waals surface area contributed by atoms with Crippen molar-refractivity contribution in [3.63, 3.8) is 0 Å². The van der Waals surface area contributed by atoms with Crippen LogP contribution in [0.1, 0.15) is 161 Å². The Kier molecular flexibility index (Phi) is 37.7. The van der Waals surface area contributed by atoms with Gasteiger partial charge in [-0.3, -0.25) is 54.1 Å². The minimum Gasteiger partial charge on any atom is -0.492 e. The zero-order valence-corrected chi connectivity index (χ0v) is 72.1. The minimum absolute atomic E-state index is 0. The van der Waals surface area contributed by atoms with Crippen molar-refractivity contribution >= 4 is 158 Å². The van der Waals surface area contributed by atoms with Crippen molar-refractivity contribution in [2.24, 2.45) is 109 Å². The Labute approximate surface area is 708 Å². The third-order valence-electron chi connectivity index (χ3n) is 16.5. The number of carbonyl (C=O) groups is 4. The number of guanidine groups is 6. The van der Waals surface area contributed by atoms with Crippen LogP contribution < -0.4 is 133 Å². The fourth-order valence-corrected chi connectivity index (χ4v) is 14.1. The molecule has 0 atom stereocenters. The Morgan fingerprint density at radius 2 is 0.568 bits per heavy atom. The van der Waals surface area contributed by atoms with Crippen LogP contribution in [0.2, 0.25) is 0 Å². The molecule has 118 heavy (non-hydrogen) atoms. The predicted octanol–water partition coefficient (Wildman–Crippen LogP) is 7.06. The first-order valence-electron chi connectivity index (χ1n) is 37.0. The summed E-state index contributed by atoms with van der Waals surface area (Å²) >= 11 is 5.59. The topological polar surface area (TPSA) is 673 Å². The number of amides is 4. The van der Waals surface area contributed by atoms with Crippen molar-refractivity contribution < 1.29 is 33.4 Å². The number of nitrogens with zero attached hydrogens (tertiary/aromatic N) is 7. The van der Waals surface area contributed by atoms with E-state index in [1.54, 1.807) is 19.1 Å². The number of benzene rings is 6. The molecule has 35 nitrogen and oxygen atoms in total. The highest BCUT2D eigenvalue weighted by atomic mass is 32.2. The lowest BCUT2D eigenvalue weighted by molar-refractivity contribution is 0.100. The van der Waals surface area contributed by atoms with E-state index in [-0.39, 0.29) is 144 Å². The summed E-state index contributed by atoms with van der Waals surface area (Å²) in [6.45, 7) is 27.9. The van der Waals surface area contributed by atoms with Gasteiger partial charge in [-0.15, -0.1) is 47.0 Å². The summed E-state index contributed by atoms with van der Waals surface area (Å²) in [7, 11) is 0. The molecule has 0 unspecified atom stereocenters. The maximum absolute atomic E-state index is 14.6. The Balaban J connectivity index is 0.000000496. The number of ether oxygens (including phenoxy) is 3. The van der Waals surface area contributed by atoms with Gasteiger partial charge < -0.3 is 133 Å². The van der Waals surface area contributed by atoms with Crippen LogP contribution in [0.25, 0.3) is 0 Å². The monoisotopic (exact) mass is 1700 g/mol. The zero-order chi connectivity index (χ0) is 87.4. The smallest absolute Gasteiger partial charge is 0.259 e. The maximum Gasteiger partial charge on any atom is 0.259 e. The van der Waals surface area contributed by atoms with Crippen LogP contribution in [0.15, 0.2) is 133 Å². The SMILES string of the molecule is C.CC(C)(C)c1cc(N)c(SCCN=C(N)N)c(NC(=O)c2cc(C(=O)Nc3cc(C(C)(C)C)cc(N)c3SCCN=C(N)N)c(OCCN=C(N)N)cc2OCCN=C(N)N)c1.CC(N)=NCCSc1c(N)cc(C(C)(C)C)cc1NC(=O)c1cc(OCCN=C(N)N)cc(C(=O)Nc2cc(C(C)(C)C)cc(N)c2SCCN=C(N)N)c1. The molecule has 6 aromatic carbocycles. The van der Waals surface area contributed by atoms with Gasteiger partial charge in [-0.05, 0) is 124 Å². The molecule has 0 aliphatic rings. The number of nitrogen functional groups attached to an aromatic ring is 4. The summed E-state index contributed by atoms with van der Waals surface area (Å²) in [5.74, 6) is 0.0998. The summed E-state index contributed by atoms with van der Waals surface area (Å²) in [4.78, 5) is 88.4. The third kappa shape index (κ3) is 32.4. The van der Waals surface area contributed by atoms with Gasteiger partial charge >= 0.3 is 0 Å². The lowest BCUT2D eigenvalue weighted by Gasteiger charge is -2.24. The molecule has 0 fully saturated rings. The summed E-state index contributed by atoms with van der Waals surface area (Å²) < 4.78 is 18.1. The first-order valence-corrected chi connectivity index (χ1v) is 40.9. The van der Waals surface area contributed by atoms with Gasteiger partial charge in [0.25, 0.3) is 23.6 Å². The molecular weight excluding hydrogens is 1580 g/mol. The molecule has 4 amide bonds. The highest BCUT2D eigenvalue weighted by Gasteiger charge is 2.29. The van der Waals surface area contributed by atoms with E-state index in [4.69, 9.17) is 112 Å². The molecule has 0 bridgehead atoms. The first-order chi connectivity index (χ1) is 54.6. The summed E-state index contributed by atoms with van der Waals surface area (Å²) in [5.41, 5.74) is 105. The second-order valence-electron chi connectivity index (χ2n) is 30.5. The molecule has 0 heterocycles. The molecule has 0 spiro atoms. The zero-order valence-electron chi connectivity index (χ0n) is 68.8. The fourth-order valence-electron chi connectivity index (χ4n) is 10.6. The lowest BCUT2D eigenvalue weighted by atomic mass is 9.86. The number of nitrogens with one attached hydrogen (secondary N) is 4. The van der Waals surface area contributed by atoms with E-state index in [2.05, 4.69) is 97.8 Å². The molecule has 0 aromatic heterocycles. The van der Waals surface area contributed by atoms with Crippen molar-refractivity contribution in [3.05, 3.63) is 123 Å². The van der Waals surface area contributed by atoms with Crippen molar-refractivity contribution in [2.75, 3.05) is 133 Å². The van der Waals surface area contributed by atoms with Crippen LogP contribution in [0.5, 0.6) is 17.2 Å². The molecule has 0 aliphatic carbocycles. The number of amidine groups is 1. The molecule has 39 heteroatoms. The summed E-state index contributed by atoms with van der Waals surface area (Å²) in [6, 6.07) is 22.5. The molecule has 38 N–H and O–H groups in total. The van der Waals surface area contributed by atoms with Gasteiger partial charge in [0, 0.05) is 63.0 Å². The molecule has 0 saturated carbocycles. The van der Waals surface area contributed by atoms with Gasteiger partial charge in [0.2, 0.25) is 0 Å². The molecule has 6 aromatic rings. The molecule has 0 aliphatic heterocycles. The van der Waals surface area contributed by atoms with Gasteiger partial charge in [0.15, 0.2) is 35.8 Å². The van der Waals surface area contributed by atoms with E-state index in [0.29, 0.717) is 120 Å². The average Bonchev–Trinajstić information content (AvgIpc) is 0.796. The van der Waals surface area contributed by atoms with Gasteiger partial charge in [-0.2, -0.15) is 0 Å². The second kappa shape index (κ2) is 45.1. The predicted molar refractivity (Wildman–Crippen MR) is 495 cm³/mol. The normalized spacial score (nSPS) is 11.4. The number of aliphatic imine (C=N–C) groups is 7. The van der Waals surface area contributed by atoms with E-state index < -0.39 is 23.6 Å². The fraction of sp³-hybridized carbons (Fsp3) is 0.405. The number of thioether (sulfide) groups is 4. The van der Waals surface area contributed by atoms with Gasteiger partial charge in [-0.1, -0.05) is 90.5 Å². The second-order valence-corrected chi connectivity index (χ2v) is 34.9. The van der Waals surface area contributed by atoms with Crippen LogP contribution in [-0.2, 0) is 21.7 Å². The molecule has 644 valence electrons. The van der Waals surface area contributed by atoms with Crippen molar-refractivity contribution in [1.82, 2.24) is 0 Å². The highest BCUT2D eigenvalue weighted by molar-refractivity contribution is 8.00. The Hall–Kier alpha value is -11.7. The summed E-state index contributed by atoms with van der Waals surface area (Å²) in [6.07, 6.45) is 0. The maximum atomic E-state index is 14.6. The quantitative estimate of drug-likeness (QED) is 0.00615. The molecule has 0 radical (unpaired) electrons. The van der Waals surface area contributed by atoms with Gasteiger partial charge in [0.1, 0.15) is 37.1 Å². The molecule has 6 rings (SSSR count). The van der Waals surface area contributed by atoms with Crippen LogP contribution in [-0.4, -0.2) is 154 Å². The minimum atomic E-state index is -0.630. The van der Waals surface area contributed by atoms with Crippen molar-refractivity contribution in [2.45, 2.75) is 139 Å². The number of hydrogen-bond acceptors (Lipinski definition) is 22. The van der Waals surface area contributed by atoms with Crippen LogP contribution in [0.3, 0.4) is 0 Å². The third-order valence-corrected chi connectivity index (χ3v) is 21.0. The number of anilines is 8. The average molecular weight is 1700 g/mol.